The van der Waals surface area contributed by atoms with Crippen LogP contribution >= 0.6 is 24.8 Å². The van der Waals surface area contributed by atoms with E-state index < -0.39 is 11.2 Å². The minimum Gasteiger partial charge on any atom is -0.444 e. The fourth-order valence-corrected chi connectivity index (χ4v) is 3.48. The third kappa shape index (κ3) is 16.6. The van der Waals surface area contributed by atoms with Gasteiger partial charge in [0.05, 0.1) is 0 Å². The van der Waals surface area contributed by atoms with Gasteiger partial charge in [0.15, 0.2) is 0 Å². The number of hydrogen-bond donors (Lipinski definition) is 4. The summed E-state index contributed by atoms with van der Waals surface area (Å²) in [6.45, 7) is 11.2. The van der Waals surface area contributed by atoms with Crippen LogP contribution in [-0.2, 0) is 9.47 Å². The molecule has 0 aliphatic heterocycles. The minimum atomic E-state index is -0.421. The molecule has 8 nitrogen and oxygen atoms in total. The standard InChI is InChI=1S/2C11H22N2O2.2ClH/c2*1-11(2,3)15-10(14)13-9-6-4-8(12)5-7-9;;/h2*8-9H,4-7,12H2,1-3H3,(H,13,14);2*1H. The lowest BCUT2D eigenvalue weighted by Gasteiger charge is -2.28. The van der Waals surface area contributed by atoms with Crippen LogP contribution < -0.4 is 22.1 Å². The van der Waals surface area contributed by atoms with Crippen molar-refractivity contribution in [2.75, 3.05) is 0 Å². The molecule has 2 saturated carbocycles. The van der Waals surface area contributed by atoms with Crippen LogP contribution in [0.2, 0.25) is 0 Å². The Hall–Kier alpha value is -0.960. The molecule has 0 saturated heterocycles. The molecule has 2 rings (SSSR count). The van der Waals surface area contributed by atoms with E-state index in [-0.39, 0.29) is 49.1 Å². The molecule has 0 unspecified atom stereocenters. The second-order valence-electron chi connectivity index (χ2n) is 10.5. The van der Waals surface area contributed by atoms with Crippen LogP contribution in [-0.4, -0.2) is 47.6 Å². The summed E-state index contributed by atoms with van der Waals surface area (Å²) >= 11 is 0. The quantitative estimate of drug-likeness (QED) is 0.444. The number of carbonyl (C=O) groups excluding carboxylic acids is 2. The van der Waals surface area contributed by atoms with Crippen LogP contribution in [0.4, 0.5) is 9.59 Å². The fraction of sp³-hybridized carbons (Fsp3) is 0.909. The third-order valence-electron chi connectivity index (χ3n) is 4.99. The van der Waals surface area contributed by atoms with Crippen LogP contribution in [0.15, 0.2) is 0 Å². The number of hydrogen-bond acceptors (Lipinski definition) is 6. The summed E-state index contributed by atoms with van der Waals surface area (Å²) in [5.41, 5.74) is 10.7. The molecule has 0 aromatic rings. The average Bonchev–Trinajstić information content (AvgIpc) is 2.56. The molecule has 2 aliphatic rings. The largest absolute Gasteiger partial charge is 0.444 e. The highest BCUT2D eigenvalue weighted by molar-refractivity contribution is 5.85. The Kier molecular flexibility index (Phi) is 15.6. The van der Waals surface area contributed by atoms with E-state index in [1.54, 1.807) is 0 Å². The first-order valence-electron chi connectivity index (χ1n) is 11.2. The molecule has 0 aromatic carbocycles. The van der Waals surface area contributed by atoms with Crippen molar-refractivity contribution in [3.05, 3.63) is 0 Å². The first kappa shape index (κ1) is 33.2. The lowest BCUT2D eigenvalue weighted by Crippen LogP contribution is -2.42. The number of alkyl carbamates (subject to hydrolysis) is 2. The van der Waals surface area contributed by atoms with Crippen molar-refractivity contribution in [1.29, 1.82) is 0 Å². The molecule has 32 heavy (non-hydrogen) atoms. The normalized spacial score (nSPS) is 25.5. The summed E-state index contributed by atoms with van der Waals surface area (Å²) < 4.78 is 10.4. The molecule has 0 radical (unpaired) electrons. The van der Waals surface area contributed by atoms with E-state index in [9.17, 15) is 9.59 Å². The average molecular weight is 502 g/mol. The van der Waals surface area contributed by atoms with Crippen molar-refractivity contribution in [3.8, 4) is 0 Å². The van der Waals surface area contributed by atoms with Crippen molar-refractivity contribution in [2.24, 2.45) is 11.5 Å². The van der Waals surface area contributed by atoms with Gasteiger partial charge in [0.1, 0.15) is 11.2 Å². The molecule has 0 heterocycles. The first-order chi connectivity index (χ1) is 13.7. The van der Waals surface area contributed by atoms with E-state index in [1.807, 2.05) is 41.5 Å². The maximum Gasteiger partial charge on any atom is 0.407 e. The highest BCUT2D eigenvalue weighted by Crippen LogP contribution is 2.18. The summed E-state index contributed by atoms with van der Waals surface area (Å²) in [6.07, 6.45) is 7.15. The van der Waals surface area contributed by atoms with Crippen molar-refractivity contribution < 1.29 is 19.1 Å². The zero-order valence-corrected chi connectivity index (χ0v) is 22.2. The topological polar surface area (TPSA) is 129 Å². The van der Waals surface area contributed by atoms with Crippen LogP contribution in [0.3, 0.4) is 0 Å². The Morgan fingerprint density at radius 1 is 0.625 bits per heavy atom. The number of carbonyl (C=O) groups is 2. The lowest BCUT2D eigenvalue weighted by atomic mass is 9.92. The third-order valence-corrected chi connectivity index (χ3v) is 4.99. The zero-order valence-electron chi connectivity index (χ0n) is 20.6. The number of nitrogens with one attached hydrogen (secondary N) is 2. The van der Waals surface area contributed by atoms with Gasteiger partial charge in [-0.1, -0.05) is 0 Å². The van der Waals surface area contributed by atoms with E-state index in [1.165, 1.54) is 0 Å². The number of rotatable bonds is 2. The molecule has 192 valence electrons. The van der Waals surface area contributed by atoms with E-state index >= 15 is 0 Å². The Balaban J connectivity index is 0. The van der Waals surface area contributed by atoms with Gasteiger partial charge in [-0.2, -0.15) is 0 Å². The fourth-order valence-electron chi connectivity index (χ4n) is 3.48. The molecular weight excluding hydrogens is 455 g/mol. The maximum atomic E-state index is 11.4. The highest BCUT2D eigenvalue weighted by Gasteiger charge is 2.24. The van der Waals surface area contributed by atoms with Gasteiger partial charge in [-0.3, -0.25) is 0 Å². The van der Waals surface area contributed by atoms with Crippen LogP contribution in [0, 0.1) is 0 Å². The molecular formula is C22H46Cl2N4O4. The Bertz CT molecular complexity index is 489. The second kappa shape index (κ2) is 15.0. The van der Waals surface area contributed by atoms with Gasteiger partial charge in [-0.05, 0) is 92.9 Å². The van der Waals surface area contributed by atoms with Crippen molar-refractivity contribution in [3.63, 3.8) is 0 Å². The minimum absolute atomic E-state index is 0. The summed E-state index contributed by atoms with van der Waals surface area (Å²) in [4.78, 5) is 22.9. The van der Waals surface area contributed by atoms with Gasteiger partial charge in [0.25, 0.3) is 0 Å². The molecule has 0 spiro atoms. The molecule has 10 heteroatoms. The summed E-state index contributed by atoms with van der Waals surface area (Å²) in [7, 11) is 0. The number of halogens is 2. The Labute approximate surface area is 206 Å². The zero-order chi connectivity index (χ0) is 22.9. The highest BCUT2D eigenvalue weighted by atomic mass is 35.5. The molecule has 0 bridgehead atoms. The molecule has 0 atom stereocenters. The smallest absolute Gasteiger partial charge is 0.407 e. The Morgan fingerprint density at radius 3 is 1.09 bits per heavy atom. The predicted octanol–water partition coefficient (Wildman–Crippen LogP) is 4.41. The van der Waals surface area contributed by atoms with Crippen LogP contribution in [0.5, 0.6) is 0 Å². The van der Waals surface area contributed by atoms with E-state index in [4.69, 9.17) is 20.9 Å². The van der Waals surface area contributed by atoms with Crippen molar-refractivity contribution in [2.45, 2.75) is 128 Å². The SMILES string of the molecule is CC(C)(C)OC(=O)NC1CCC(N)CC1.CC(C)(C)OC(=O)NC1CCC(N)CC1.Cl.Cl. The van der Waals surface area contributed by atoms with E-state index in [2.05, 4.69) is 10.6 Å². The van der Waals surface area contributed by atoms with Crippen LogP contribution in [0.1, 0.15) is 92.9 Å². The van der Waals surface area contributed by atoms with Gasteiger partial charge in [0.2, 0.25) is 0 Å². The first-order valence-corrected chi connectivity index (χ1v) is 11.2. The van der Waals surface area contributed by atoms with Crippen LogP contribution in [0.25, 0.3) is 0 Å². The molecule has 6 N–H and O–H groups in total. The van der Waals surface area contributed by atoms with E-state index in [0.29, 0.717) is 12.1 Å². The van der Waals surface area contributed by atoms with Gasteiger partial charge in [-0.25, -0.2) is 9.59 Å². The van der Waals surface area contributed by atoms with E-state index in [0.717, 1.165) is 51.4 Å². The molecule has 2 aliphatic carbocycles. The lowest BCUT2D eigenvalue weighted by molar-refractivity contribution is 0.0479. The van der Waals surface area contributed by atoms with Gasteiger partial charge in [0, 0.05) is 24.2 Å². The maximum absolute atomic E-state index is 11.4. The van der Waals surface area contributed by atoms with Gasteiger partial charge in [-0.15, -0.1) is 24.8 Å². The molecule has 2 amide bonds. The summed E-state index contributed by atoms with van der Waals surface area (Å²) in [5, 5.41) is 5.76. The predicted molar refractivity (Wildman–Crippen MR) is 134 cm³/mol. The van der Waals surface area contributed by atoms with Gasteiger partial charge >= 0.3 is 12.2 Å². The second-order valence-corrected chi connectivity index (χ2v) is 10.5. The number of nitrogens with two attached hydrogens (primary N) is 2. The monoisotopic (exact) mass is 500 g/mol. The number of ether oxygens (including phenoxy) is 2. The van der Waals surface area contributed by atoms with Crippen molar-refractivity contribution in [1.82, 2.24) is 10.6 Å². The molecule has 2 fully saturated rings. The Morgan fingerprint density at radius 2 is 0.875 bits per heavy atom. The van der Waals surface area contributed by atoms with Crippen molar-refractivity contribution >= 4 is 37.0 Å². The summed E-state index contributed by atoms with van der Waals surface area (Å²) in [5.74, 6) is 0. The van der Waals surface area contributed by atoms with Gasteiger partial charge < -0.3 is 31.6 Å². The summed E-state index contributed by atoms with van der Waals surface area (Å²) in [6, 6.07) is 1.09. The molecule has 0 aromatic heterocycles. The number of amides is 2.